The van der Waals surface area contributed by atoms with Crippen molar-refractivity contribution in [1.29, 1.82) is 0 Å². The Morgan fingerprint density at radius 3 is 2.12 bits per heavy atom. The highest BCUT2D eigenvalue weighted by atomic mass is 16.8. The van der Waals surface area contributed by atoms with Gasteiger partial charge in [0, 0.05) is 17.9 Å². The van der Waals surface area contributed by atoms with E-state index >= 15 is 0 Å². The Hall–Kier alpha value is -1.59. The topological polar surface area (TPSA) is 54.0 Å². The number of esters is 1. The van der Waals surface area contributed by atoms with Crippen molar-refractivity contribution in [1.82, 2.24) is 0 Å². The molecule has 5 heteroatoms. The molecule has 5 nitrogen and oxygen atoms in total. The number of carbonyl (C=O) groups is 1. The number of ether oxygens (including phenoxy) is 4. The number of hydrogen-bond acceptors (Lipinski definition) is 5. The Kier molecular flexibility index (Phi) is 7.25. The second-order valence-electron chi connectivity index (χ2n) is 8.39. The number of carbonyl (C=O) groups excluding carboxylic acids is 1. The van der Waals surface area contributed by atoms with Crippen LogP contribution >= 0.6 is 0 Å². The Morgan fingerprint density at radius 1 is 1.08 bits per heavy atom. The van der Waals surface area contributed by atoms with Crippen LogP contribution in [0.3, 0.4) is 0 Å². The molecule has 1 atom stereocenters. The minimum Gasteiger partial charge on any atom is -0.462 e. The maximum atomic E-state index is 12.1. The molecule has 0 saturated carbocycles. The predicted molar refractivity (Wildman–Crippen MR) is 102 cm³/mol. The van der Waals surface area contributed by atoms with E-state index in [9.17, 15) is 4.79 Å². The van der Waals surface area contributed by atoms with E-state index in [1.807, 2.05) is 13.0 Å². The van der Waals surface area contributed by atoms with Gasteiger partial charge in [0.25, 0.3) is 0 Å². The summed E-state index contributed by atoms with van der Waals surface area (Å²) in [7, 11) is 1.60. The zero-order valence-electron chi connectivity index (χ0n) is 17.6. The van der Waals surface area contributed by atoms with Gasteiger partial charge in [0.15, 0.2) is 6.29 Å². The molecule has 0 radical (unpaired) electrons. The molecule has 0 fully saturated rings. The maximum absolute atomic E-state index is 12.1. The average molecular weight is 366 g/mol. The van der Waals surface area contributed by atoms with Crippen molar-refractivity contribution in [3.05, 3.63) is 29.8 Å². The van der Waals surface area contributed by atoms with Crippen LogP contribution in [0.2, 0.25) is 0 Å². The van der Waals surface area contributed by atoms with Gasteiger partial charge in [-0.3, -0.25) is 0 Å². The van der Waals surface area contributed by atoms with Crippen LogP contribution in [0.4, 0.5) is 0 Å². The van der Waals surface area contributed by atoms with Crippen LogP contribution in [0.5, 0.6) is 5.75 Å². The van der Waals surface area contributed by atoms with Gasteiger partial charge in [0.05, 0.1) is 12.2 Å². The van der Waals surface area contributed by atoms with E-state index in [1.165, 1.54) is 0 Å². The molecule has 0 heterocycles. The average Bonchev–Trinajstić information content (AvgIpc) is 2.52. The smallest absolute Gasteiger partial charge is 0.338 e. The molecule has 1 unspecified atom stereocenters. The molecule has 26 heavy (non-hydrogen) atoms. The normalized spacial score (nSPS) is 14.0. The number of methoxy groups -OCH3 is 1. The SMILES string of the molecule is CCOC(=O)c1cccc(OC(OC(C)OC)(C(C)(C)C)C(C)(C)C)c1. The summed E-state index contributed by atoms with van der Waals surface area (Å²) in [6.45, 7) is 16.3. The van der Waals surface area contributed by atoms with Gasteiger partial charge in [-0.05, 0) is 32.0 Å². The van der Waals surface area contributed by atoms with Crippen LogP contribution < -0.4 is 4.74 Å². The van der Waals surface area contributed by atoms with Crippen molar-refractivity contribution in [2.24, 2.45) is 10.8 Å². The van der Waals surface area contributed by atoms with E-state index in [0.29, 0.717) is 17.9 Å². The van der Waals surface area contributed by atoms with E-state index in [2.05, 4.69) is 41.5 Å². The molecular formula is C21H34O5. The Balaban J connectivity index is 3.37. The lowest BCUT2D eigenvalue weighted by Gasteiger charge is -2.52. The second kappa shape index (κ2) is 8.40. The number of rotatable bonds is 7. The largest absolute Gasteiger partial charge is 0.462 e. The molecule has 1 aromatic carbocycles. The Labute approximate surface area is 158 Å². The molecule has 0 N–H and O–H groups in total. The van der Waals surface area contributed by atoms with Gasteiger partial charge >= 0.3 is 5.97 Å². The van der Waals surface area contributed by atoms with Crippen molar-refractivity contribution in [3.8, 4) is 5.75 Å². The maximum Gasteiger partial charge on any atom is 0.338 e. The van der Waals surface area contributed by atoms with Crippen molar-refractivity contribution >= 4 is 5.97 Å². The highest BCUT2D eigenvalue weighted by molar-refractivity contribution is 5.89. The molecule has 0 aliphatic carbocycles. The molecule has 0 aliphatic heterocycles. The van der Waals surface area contributed by atoms with Crippen molar-refractivity contribution in [3.63, 3.8) is 0 Å². The van der Waals surface area contributed by atoms with Gasteiger partial charge in [0.2, 0.25) is 5.79 Å². The van der Waals surface area contributed by atoms with Crippen molar-refractivity contribution in [2.45, 2.75) is 67.5 Å². The molecule has 0 saturated heterocycles. The summed E-state index contributed by atoms with van der Waals surface area (Å²) in [5.74, 6) is -0.826. The molecule has 1 aromatic rings. The second-order valence-corrected chi connectivity index (χ2v) is 8.39. The highest BCUT2D eigenvalue weighted by Crippen LogP contribution is 2.48. The first-order valence-corrected chi connectivity index (χ1v) is 9.04. The summed E-state index contributed by atoms with van der Waals surface area (Å²) in [6, 6.07) is 6.98. The minimum atomic E-state index is -0.997. The highest BCUT2D eigenvalue weighted by Gasteiger charge is 2.55. The third kappa shape index (κ3) is 4.98. The van der Waals surface area contributed by atoms with E-state index < -0.39 is 12.1 Å². The first-order chi connectivity index (χ1) is 11.9. The van der Waals surface area contributed by atoms with Crippen LogP contribution in [-0.2, 0) is 14.2 Å². The summed E-state index contributed by atoms with van der Waals surface area (Å²) in [5.41, 5.74) is -0.309. The monoisotopic (exact) mass is 366 g/mol. The van der Waals surface area contributed by atoms with Gasteiger partial charge < -0.3 is 18.9 Å². The summed E-state index contributed by atoms with van der Waals surface area (Å²) < 4.78 is 23.2. The van der Waals surface area contributed by atoms with E-state index in [-0.39, 0.29) is 16.8 Å². The molecule has 0 bridgehead atoms. The Morgan fingerprint density at radius 2 is 1.65 bits per heavy atom. The predicted octanol–water partition coefficient (Wildman–Crippen LogP) is 5.04. The summed E-state index contributed by atoms with van der Waals surface area (Å²) in [4.78, 5) is 12.1. The first-order valence-electron chi connectivity index (χ1n) is 9.04. The van der Waals surface area contributed by atoms with Gasteiger partial charge in [0.1, 0.15) is 5.75 Å². The van der Waals surface area contributed by atoms with E-state index in [4.69, 9.17) is 18.9 Å². The third-order valence-electron chi connectivity index (χ3n) is 4.25. The standard InChI is InChI=1S/C21H34O5/c1-10-24-18(22)16-12-11-13-17(14-16)26-21(19(3,4)5,20(6,7)8)25-15(2)23-9/h11-15H,10H2,1-9H3. The summed E-state index contributed by atoms with van der Waals surface area (Å²) >= 11 is 0. The summed E-state index contributed by atoms with van der Waals surface area (Å²) in [5, 5.41) is 0. The van der Waals surface area contributed by atoms with Gasteiger partial charge in [-0.2, -0.15) is 0 Å². The molecule has 0 amide bonds. The van der Waals surface area contributed by atoms with E-state index in [0.717, 1.165) is 0 Å². The third-order valence-corrected chi connectivity index (χ3v) is 4.25. The fraction of sp³-hybridized carbons (Fsp3) is 0.667. The fourth-order valence-electron chi connectivity index (χ4n) is 3.16. The fourth-order valence-corrected chi connectivity index (χ4v) is 3.16. The zero-order valence-corrected chi connectivity index (χ0v) is 17.6. The van der Waals surface area contributed by atoms with Crippen LogP contribution in [0.1, 0.15) is 65.7 Å². The summed E-state index contributed by atoms with van der Waals surface area (Å²) in [6.07, 6.45) is -0.457. The number of hydrogen-bond donors (Lipinski definition) is 0. The minimum absolute atomic E-state index is 0.326. The molecular weight excluding hydrogens is 332 g/mol. The van der Waals surface area contributed by atoms with Crippen LogP contribution in [-0.4, -0.2) is 31.8 Å². The van der Waals surface area contributed by atoms with Crippen molar-refractivity contribution in [2.75, 3.05) is 13.7 Å². The molecule has 148 valence electrons. The lowest BCUT2D eigenvalue weighted by Crippen LogP contribution is -2.60. The lowest BCUT2D eigenvalue weighted by atomic mass is 9.70. The zero-order chi connectivity index (χ0) is 20.2. The van der Waals surface area contributed by atoms with Gasteiger partial charge in [-0.25, -0.2) is 4.79 Å². The van der Waals surface area contributed by atoms with Gasteiger partial charge in [-0.1, -0.05) is 47.6 Å². The van der Waals surface area contributed by atoms with Crippen LogP contribution in [0.15, 0.2) is 24.3 Å². The van der Waals surface area contributed by atoms with Gasteiger partial charge in [-0.15, -0.1) is 0 Å². The lowest BCUT2D eigenvalue weighted by molar-refractivity contribution is -0.346. The van der Waals surface area contributed by atoms with E-state index in [1.54, 1.807) is 32.2 Å². The van der Waals surface area contributed by atoms with Crippen LogP contribution in [0, 0.1) is 10.8 Å². The molecule has 0 spiro atoms. The first kappa shape index (κ1) is 22.5. The number of benzene rings is 1. The molecule has 1 rings (SSSR count). The molecule has 0 aliphatic rings. The Bertz CT molecular complexity index is 581. The van der Waals surface area contributed by atoms with Crippen molar-refractivity contribution < 1.29 is 23.7 Å². The quantitative estimate of drug-likeness (QED) is 0.500. The molecule has 0 aromatic heterocycles. The van der Waals surface area contributed by atoms with Crippen LogP contribution in [0.25, 0.3) is 0 Å².